The van der Waals surface area contributed by atoms with E-state index in [1.807, 2.05) is 0 Å². The Labute approximate surface area is 87.2 Å². The molecule has 1 heteroatoms. The maximum absolute atomic E-state index is 5.43. The van der Waals surface area contributed by atoms with Gasteiger partial charge in [-0.3, -0.25) is 0 Å². The third kappa shape index (κ3) is 1.71. The molecular weight excluding hydrogens is 172 g/mol. The number of hydrogen-bond acceptors (Lipinski definition) is 1. The van der Waals surface area contributed by atoms with Gasteiger partial charge in [0, 0.05) is 13.2 Å². The molecule has 4 atom stereocenters. The summed E-state index contributed by atoms with van der Waals surface area (Å²) in [7, 11) is 0. The first-order chi connectivity index (χ1) is 6.92. The van der Waals surface area contributed by atoms with E-state index in [1.54, 1.807) is 25.7 Å². The lowest BCUT2D eigenvalue weighted by Gasteiger charge is -2.22. The van der Waals surface area contributed by atoms with Gasteiger partial charge in [0.05, 0.1) is 0 Å². The molecule has 0 N–H and O–H groups in total. The van der Waals surface area contributed by atoms with E-state index in [0.717, 1.165) is 36.9 Å². The molecule has 1 saturated heterocycles. The van der Waals surface area contributed by atoms with Crippen LogP contribution >= 0.6 is 0 Å². The SMILES string of the molecule is C1CC(CCC2CC3CCC2C3)CO1. The van der Waals surface area contributed by atoms with Crippen LogP contribution in [0.2, 0.25) is 0 Å². The maximum Gasteiger partial charge on any atom is 0.0495 e. The van der Waals surface area contributed by atoms with Crippen LogP contribution in [0.25, 0.3) is 0 Å². The lowest BCUT2D eigenvalue weighted by Crippen LogP contribution is -2.12. The van der Waals surface area contributed by atoms with Crippen molar-refractivity contribution in [2.75, 3.05) is 13.2 Å². The van der Waals surface area contributed by atoms with Gasteiger partial charge in [-0.05, 0) is 62.2 Å². The molecule has 1 heterocycles. The monoisotopic (exact) mass is 194 g/mol. The van der Waals surface area contributed by atoms with Gasteiger partial charge >= 0.3 is 0 Å². The van der Waals surface area contributed by atoms with Crippen molar-refractivity contribution in [3.63, 3.8) is 0 Å². The standard InChI is InChI=1S/C13H22O/c1(10-5-6-14-9-10)3-12-7-11-2-4-13(12)8-11/h10-13H,1-9H2. The normalized spacial score (nSPS) is 46.3. The molecule has 0 aromatic heterocycles. The van der Waals surface area contributed by atoms with Crippen molar-refractivity contribution in [2.45, 2.75) is 44.9 Å². The highest BCUT2D eigenvalue weighted by Crippen LogP contribution is 2.50. The molecule has 0 spiro atoms. The predicted octanol–water partition coefficient (Wildman–Crippen LogP) is 3.24. The van der Waals surface area contributed by atoms with Crippen molar-refractivity contribution in [2.24, 2.45) is 23.7 Å². The van der Waals surface area contributed by atoms with Gasteiger partial charge in [-0.25, -0.2) is 0 Å². The van der Waals surface area contributed by atoms with Crippen molar-refractivity contribution in [3.8, 4) is 0 Å². The quantitative estimate of drug-likeness (QED) is 0.670. The van der Waals surface area contributed by atoms with Crippen LogP contribution in [0.5, 0.6) is 0 Å². The van der Waals surface area contributed by atoms with Crippen LogP contribution in [-0.2, 0) is 4.74 Å². The molecule has 1 nitrogen and oxygen atoms in total. The van der Waals surface area contributed by atoms with E-state index in [-0.39, 0.29) is 0 Å². The summed E-state index contributed by atoms with van der Waals surface area (Å²) in [6, 6.07) is 0. The Morgan fingerprint density at radius 2 is 2.00 bits per heavy atom. The third-order valence-electron chi connectivity index (χ3n) is 4.85. The minimum Gasteiger partial charge on any atom is -0.381 e. The second kappa shape index (κ2) is 3.84. The molecule has 80 valence electrons. The fourth-order valence-corrected chi connectivity index (χ4v) is 3.99. The smallest absolute Gasteiger partial charge is 0.0495 e. The summed E-state index contributed by atoms with van der Waals surface area (Å²) in [6.07, 6.45) is 10.5. The molecule has 0 aromatic rings. The number of rotatable bonds is 3. The average Bonchev–Trinajstić information content (AvgIpc) is 2.91. The summed E-state index contributed by atoms with van der Waals surface area (Å²) in [4.78, 5) is 0. The topological polar surface area (TPSA) is 9.23 Å². The Morgan fingerprint density at radius 1 is 1.00 bits per heavy atom. The van der Waals surface area contributed by atoms with Gasteiger partial charge < -0.3 is 4.74 Å². The fraction of sp³-hybridized carbons (Fsp3) is 1.00. The van der Waals surface area contributed by atoms with E-state index in [4.69, 9.17) is 4.74 Å². The average molecular weight is 194 g/mol. The summed E-state index contributed by atoms with van der Waals surface area (Å²) in [6.45, 7) is 2.09. The Hall–Kier alpha value is -0.0400. The molecule has 0 radical (unpaired) electrons. The van der Waals surface area contributed by atoms with Gasteiger partial charge in [-0.2, -0.15) is 0 Å². The molecule has 3 fully saturated rings. The Bertz CT molecular complexity index is 195. The second-order valence-corrected chi connectivity index (χ2v) is 5.74. The molecule has 3 rings (SSSR count). The van der Waals surface area contributed by atoms with E-state index < -0.39 is 0 Å². The summed E-state index contributed by atoms with van der Waals surface area (Å²) in [5.74, 6) is 4.27. The zero-order valence-electron chi connectivity index (χ0n) is 9.08. The van der Waals surface area contributed by atoms with Crippen molar-refractivity contribution in [3.05, 3.63) is 0 Å². The molecule has 0 amide bonds. The fourth-order valence-electron chi connectivity index (χ4n) is 3.99. The minimum absolute atomic E-state index is 0.911. The maximum atomic E-state index is 5.43. The first-order valence-corrected chi connectivity index (χ1v) is 6.49. The van der Waals surface area contributed by atoms with Gasteiger partial charge in [-0.1, -0.05) is 6.42 Å². The van der Waals surface area contributed by atoms with Gasteiger partial charge in [0.1, 0.15) is 0 Å². The Kier molecular flexibility index (Phi) is 2.53. The zero-order valence-corrected chi connectivity index (χ0v) is 9.08. The highest BCUT2D eigenvalue weighted by atomic mass is 16.5. The first kappa shape index (κ1) is 9.21. The first-order valence-electron chi connectivity index (χ1n) is 6.49. The van der Waals surface area contributed by atoms with E-state index in [1.165, 1.54) is 19.3 Å². The predicted molar refractivity (Wildman–Crippen MR) is 57.1 cm³/mol. The Balaban J connectivity index is 1.44. The van der Waals surface area contributed by atoms with Crippen LogP contribution in [0, 0.1) is 23.7 Å². The lowest BCUT2D eigenvalue weighted by molar-refractivity contribution is 0.180. The van der Waals surface area contributed by atoms with E-state index in [0.29, 0.717) is 0 Å². The highest BCUT2D eigenvalue weighted by molar-refractivity contribution is 4.90. The molecule has 2 bridgehead atoms. The minimum atomic E-state index is 0.911. The molecule has 2 saturated carbocycles. The zero-order chi connectivity index (χ0) is 9.38. The van der Waals surface area contributed by atoms with E-state index >= 15 is 0 Å². The van der Waals surface area contributed by atoms with Crippen molar-refractivity contribution < 1.29 is 4.74 Å². The van der Waals surface area contributed by atoms with Crippen LogP contribution in [-0.4, -0.2) is 13.2 Å². The molecule has 14 heavy (non-hydrogen) atoms. The van der Waals surface area contributed by atoms with Crippen LogP contribution in [0.15, 0.2) is 0 Å². The number of ether oxygens (including phenoxy) is 1. The van der Waals surface area contributed by atoms with Gasteiger partial charge in [0.25, 0.3) is 0 Å². The van der Waals surface area contributed by atoms with Gasteiger partial charge in [0.15, 0.2) is 0 Å². The number of hydrogen-bond donors (Lipinski definition) is 0. The van der Waals surface area contributed by atoms with Crippen LogP contribution in [0.4, 0.5) is 0 Å². The largest absolute Gasteiger partial charge is 0.381 e. The van der Waals surface area contributed by atoms with Crippen molar-refractivity contribution in [1.82, 2.24) is 0 Å². The number of fused-ring (bicyclic) bond motifs is 2. The van der Waals surface area contributed by atoms with Crippen LogP contribution in [0.1, 0.15) is 44.9 Å². The molecule has 0 aromatic carbocycles. The van der Waals surface area contributed by atoms with E-state index in [2.05, 4.69) is 0 Å². The van der Waals surface area contributed by atoms with Gasteiger partial charge in [-0.15, -0.1) is 0 Å². The lowest BCUT2D eigenvalue weighted by atomic mass is 9.83. The summed E-state index contributed by atoms with van der Waals surface area (Å²) < 4.78 is 5.43. The highest BCUT2D eigenvalue weighted by Gasteiger charge is 2.39. The molecule has 2 aliphatic carbocycles. The van der Waals surface area contributed by atoms with Crippen LogP contribution < -0.4 is 0 Å². The molecule has 4 unspecified atom stereocenters. The van der Waals surface area contributed by atoms with E-state index in [9.17, 15) is 0 Å². The van der Waals surface area contributed by atoms with Crippen molar-refractivity contribution in [1.29, 1.82) is 0 Å². The molecular formula is C13H22O. The Morgan fingerprint density at radius 3 is 2.64 bits per heavy atom. The summed E-state index contributed by atoms with van der Waals surface area (Å²) in [5.41, 5.74) is 0. The van der Waals surface area contributed by atoms with Crippen molar-refractivity contribution >= 4 is 0 Å². The summed E-state index contributed by atoms with van der Waals surface area (Å²) >= 11 is 0. The molecule has 3 aliphatic rings. The van der Waals surface area contributed by atoms with Crippen LogP contribution in [0.3, 0.4) is 0 Å². The van der Waals surface area contributed by atoms with Gasteiger partial charge in [0.2, 0.25) is 0 Å². The molecule has 1 aliphatic heterocycles. The summed E-state index contributed by atoms with van der Waals surface area (Å²) in [5, 5.41) is 0. The third-order valence-corrected chi connectivity index (χ3v) is 4.85. The second-order valence-electron chi connectivity index (χ2n) is 5.74.